The molecule has 20 heavy (non-hydrogen) atoms. The summed E-state index contributed by atoms with van der Waals surface area (Å²) >= 11 is 1.59. The van der Waals surface area contributed by atoms with Crippen LogP contribution in [-0.4, -0.2) is 36.0 Å². The SMILES string of the molecule is O=C(O)CNC(=O)CNC(=O)c1csc2c1CCCC2. The number of fused-ring (bicyclic) bond motifs is 1. The lowest BCUT2D eigenvalue weighted by atomic mass is 9.96. The van der Waals surface area contributed by atoms with Crippen molar-refractivity contribution in [2.75, 3.05) is 13.1 Å². The van der Waals surface area contributed by atoms with E-state index < -0.39 is 18.4 Å². The fourth-order valence-corrected chi connectivity index (χ4v) is 3.30. The standard InChI is InChI=1S/C13H16N2O4S/c16-11(14-6-12(17)18)5-15-13(19)9-7-20-10-4-2-1-3-8(9)10/h7H,1-6H2,(H,14,16)(H,15,19)(H,17,18). The van der Waals surface area contributed by atoms with Gasteiger partial charge in [0.1, 0.15) is 6.54 Å². The molecule has 1 aromatic rings. The first-order valence-corrected chi connectivity index (χ1v) is 7.32. The number of carboxylic acid groups (broad SMARTS) is 1. The van der Waals surface area contributed by atoms with Gasteiger partial charge in [0.2, 0.25) is 5.91 Å². The van der Waals surface area contributed by atoms with Gasteiger partial charge in [-0.15, -0.1) is 11.3 Å². The molecule has 1 aromatic heterocycles. The van der Waals surface area contributed by atoms with Crippen molar-refractivity contribution in [3.05, 3.63) is 21.4 Å². The molecule has 0 radical (unpaired) electrons. The molecule has 1 aliphatic carbocycles. The van der Waals surface area contributed by atoms with Crippen LogP contribution in [0.2, 0.25) is 0 Å². The molecule has 7 heteroatoms. The summed E-state index contributed by atoms with van der Waals surface area (Å²) in [6.45, 7) is -0.653. The second-order valence-corrected chi connectivity index (χ2v) is 5.58. The Morgan fingerprint density at radius 2 is 1.90 bits per heavy atom. The average Bonchev–Trinajstić information content (AvgIpc) is 2.86. The maximum absolute atomic E-state index is 12.0. The highest BCUT2D eigenvalue weighted by Gasteiger charge is 2.20. The van der Waals surface area contributed by atoms with Gasteiger partial charge in [0.15, 0.2) is 0 Å². The number of hydrogen-bond donors (Lipinski definition) is 3. The second kappa shape index (κ2) is 6.51. The van der Waals surface area contributed by atoms with Gasteiger partial charge in [-0.1, -0.05) is 0 Å². The zero-order valence-electron chi connectivity index (χ0n) is 10.9. The van der Waals surface area contributed by atoms with Crippen LogP contribution in [-0.2, 0) is 22.4 Å². The summed E-state index contributed by atoms with van der Waals surface area (Å²) in [6.07, 6.45) is 4.18. The fraction of sp³-hybridized carbons (Fsp3) is 0.462. The van der Waals surface area contributed by atoms with Crippen LogP contribution in [0.3, 0.4) is 0 Å². The fourth-order valence-electron chi connectivity index (χ4n) is 2.18. The smallest absolute Gasteiger partial charge is 0.322 e. The molecule has 1 aliphatic rings. The van der Waals surface area contributed by atoms with E-state index in [0.717, 1.165) is 31.2 Å². The Hall–Kier alpha value is -1.89. The van der Waals surface area contributed by atoms with Crippen molar-refractivity contribution < 1.29 is 19.5 Å². The molecule has 1 heterocycles. The van der Waals surface area contributed by atoms with Gasteiger partial charge in [0.25, 0.3) is 5.91 Å². The minimum absolute atomic E-state index is 0.212. The molecule has 0 fully saturated rings. The molecule has 0 aliphatic heterocycles. The van der Waals surface area contributed by atoms with Crippen molar-refractivity contribution in [2.24, 2.45) is 0 Å². The van der Waals surface area contributed by atoms with Gasteiger partial charge in [0.05, 0.1) is 12.1 Å². The van der Waals surface area contributed by atoms with Gasteiger partial charge < -0.3 is 15.7 Å². The molecular weight excluding hydrogens is 280 g/mol. The van der Waals surface area contributed by atoms with Crippen LogP contribution in [0.5, 0.6) is 0 Å². The second-order valence-electron chi connectivity index (χ2n) is 4.61. The molecule has 3 N–H and O–H groups in total. The van der Waals surface area contributed by atoms with Crippen LogP contribution < -0.4 is 10.6 Å². The molecule has 2 amide bonds. The highest BCUT2D eigenvalue weighted by molar-refractivity contribution is 7.10. The molecule has 2 rings (SSSR count). The molecule has 0 saturated carbocycles. The maximum atomic E-state index is 12.0. The number of hydrogen-bond acceptors (Lipinski definition) is 4. The third kappa shape index (κ3) is 3.57. The zero-order valence-corrected chi connectivity index (χ0v) is 11.7. The molecule has 108 valence electrons. The molecule has 0 spiro atoms. The van der Waals surface area contributed by atoms with Crippen molar-refractivity contribution in [3.63, 3.8) is 0 Å². The number of carbonyl (C=O) groups is 3. The Labute approximate surface area is 120 Å². The predicted octanol–water partition coefficient (Wildman–Crippen LogP) is 0.557. The number of thiophene rings is 1. The van der Waals surface area contributed by atoms with Gasteiger partial charge >= 0.3 is 5.97 Å². The number of carboxylic acids is 1. The van der Waals surface area contributed by atoms with Gasteiger partial charge in [-0.25, -0.2) is 0 Å². The Kier molecular flexibility index (Phi) is 4.73. The van der Waals surface area contributed by atoms with Crippen molar-refractivity contribution in [1.82, 2.24) is 10.6 Å². The quantitative estimate of drug-likeness (QED) is 0.739. The summed E-state index contributed by atoms with van der Waals surface area (Å²) in [7, 11) is 0. The molecule has 0 bridgehead atoms. The largest absolute Gasteiger partial charge is 0.480 e. The van der Waals surface area contributed by atoms with Crippen LogP contribution in [0.15, 0.2) is 5.38 Å². The Morgan fingerprint density at radius 1 is 1.15 bits per heavy atom. The average molecular weight is 296 g/mol. The summed E-state index contributed by atoms with van der Waals surface area (Å²) in [5.41, 5.74) is 1.75. The lowest BCUT2D eigenvalue weighted by Crippen LogP contribution is -2.39. The first-order chi connectivity index (χ1) is 9.58. The van der Waals surface area contributed by atoms with E-state index in [-0.39, 0.29) is 12.5 Å². The third-order valence-electron chi connectivity index (χ3n) is 3.15. The number of amides is 2. The first kappa shape index (κ1) is 14.5. The van der Waals surface area contributed by atoms with E-state index in [1.54, 1.807) is 11.3 Å². The lowest BCUT2D eigenvalue weighted by molar-refractivity contribution is -0.137. The summed E-state index contributed by atoms with van der Waals surface area (Å²) < 4.78 is 0. The molecule has 0 unspecified atom stereocenters. The van der Waals surface area contributed by atoms with Crippen LogP contribution in [0, 0.1) is 0 Å². The van der Waals surface area contributed by atoms with Gasteiger partial charge in [-0.3, -0.25) is 14.4 Å². The van der Waals surface area contributed by atoms with Crippen LogP contribution in [0.25, 0.3) is 0 Å². The first-order valence-electron chi connectivity index (χ1n) is 6.44. The molecular formula is C13H16N2O4S. The Bertz CT molecular complexity index is 538. The van der Waals surface area contributed by atoms with Gasteiger partial charge in [-0.05, 0) is 31.2 Å². The van der Waals surface area contributed by atoms with E-state index >= 15 is 0 Å². The highest BCUT2D eigenvalue weighted by Crippen LogP contribution is 2.29. The summed E-state index contributed by atoms with van der Waals surface area (Å²) in [5.74, 6) is -1.89. The van der Waals surface area contributed by atoms with Crippen molar-refractivity contribution >= 4 is 29.1 Å². The van der Waals surface area contributed by atoms with Crippen molar-refractivity contribution in [1.29, 1.82) is 0 Å². The molecule has 6 nitrogen and oxygen atoms in total. The van der Waals surface area contributed by atoms with Crippen LogP contribution >= 0.6 is 11.3 Å². The normalized spacial score (nSPS) is 13.4. The van der Waals surface area contributed by atoms with Crippen LogP contribution in [0.4, 0.5) is 0 Å². The van der Waals surface area contributed by atoms with Crippen molar-refractivity contribution in [2.45, 2.75) is 25.7 Å². The maximum Gasteiger partial charge on any atom is 0.322 e. The van der Waals surface area contributed by atoms with E-state index in [9.17, 15) is 14.4 Å². The molecule has 0 saturated heterocycles. The zero-order chi connectivity index (χ0) is 14.5. The van der Waals surface area contributed by atoms with E-state index in [1.165, 1.54) is 4.88 Å². The van der Waals surface area contributed by atoms with E-state index in [0.29, 0.717) is 5.56 Å². The summed E-state index contributed by atoms with van der Waals surface area (Å²) in [5, 5.41) is 15.0. The van der Waals surface area contributed by atoms with Gasteiger partial charge in [-0.2, -0.15) is 0 Å². The summed E-state index contributed by atoms with van der Waals surface area (Å²) in [4.78, 5) is 34.9. The Balaban J connectivity index is 1.87. The number of nitrogens with one attached hydrogen (secondary N) is 2. The van der Waals surface area contributed by atoms with E-state index in [1.807, 2.05) is 5.38 Å². The lowest BCUT2D eigenvalue weighted by Gasteiger charge is -2.12. The molecule has 0 atom stereocenters. The Morgan fingerprint density at radius 3 is 2.65 bits per heavy atom. The van der Waals surface area contributed by atoms with Crippen LogP contribution in [0.1, 0.15) is 33.6 Å². The van der Waals surface area contributed by atoms with Crippen molar-refractivity contribution in [3.8, 4) is 0 Å². The minimum atomic E-state index is -1.11. The predicted molar refractivity (Wildman–Crippen MR) is 73.9 cm³/mol. The highest BCUT2D eigenvalue weighted by atomic mass is 32.1. The van der Waals surface area contributed by atoms with E-state index in [2.05, 4.69) is 10.6 Å². The number of carbonyl (C=O) groups excluding carboxylic acids is 2. The topological polar surface area (TPSA) is 95.5 Å². The number of aryl methyl sites for hydroxylation is 1. The monoisotopic (exact) mass is 296 g/mol. The van der Waals surface area contributed by atoms with E-state index in [4.69, 9.17) is 5.11 Å². The third-order valence-corrected chi connectivity index (χ3v) is 4.24. The minimum Gasteiger partial charge on any atom is -0.480 e. The molecule has 0 aromatic carbocycles. The number of aliphatic carboxylic acids is 1. The van der Waals surface area contributed by atoms with Gasteiger partial charge in [0, 0.05) is 10.3 Å². The number of rotatable bonds is 5. The summed E-state index contributed by atoms with van der Waals surface area (Å²) in [6, 6.07) is 0.